The van der Waals surface area contributed by atoms with Crippen LogP contribution in [0, 0.1) is 6.92 Å². The van der Waals surface area contributed by atoms with Crippen LogP contribution in [-0.2, 0) is 16.1 Å². The fraction of sp³-hybridized carbons (Fsp3) is 0.222. The molecule has 0 aliphatic heterocycles. The molecule has 2 amide bonds. The molecule has 0 aliphatic carbocycles. The normalized spacial score (nSPS) is 10.4. The summed E-state index contributed by atoms with van der Waals surface area (Å²) in [5.74, 6) is 0.122. The van der Waals surface area contributed by atoms with E-state index in [1.54, 1.807) is 18.2 Å². The van der Waals surface area contributed by atoms with Crippen molar-refractivity contribution >= 4 is 52.5 Å². The Morgan fingerprint density at radius 1 is 1.00 bits per heavy atom. The molecule has 132 valence electrons. The number of halogens is 2. The first-order valence-corrected chi connectivity index (χ1v) is 9.50. The van der Waals surface area contributed by atoms with Crippen LogP contribution in [0.15, 0.2) is 42.5 Å². The van der Waals surface area contributed by atoms with E-state index in [1.807, 2.05) is 31.2 Å². The summed E-state index contributed by atoms with van der Waals surface area (Å²) < 4.78 is 0. The molecule has 0 saturated carbocycles. The standard InChI is InChI=1S/C18H18Cl2N2O2S/c1-12-2-6-15(7-3-12)22-18(24)11-25-10-17(23)21-9-13-4-5-14(19)8-16(13)20/h2-8H,9-11H2,1H3,(H,21,23)(H,22,24). The van der Waals surface area contributed by atoms with E-state index in [2.05, 4.69) is 10.6 Å². The smallest absolute Gasteiger partial charge is 0.234 e. The number of hydrogen-bond donors (Lipinski definition) is 2. The topological polar surface area (TPSA) is 58.2 Å². The molecule has 2 N–H and O–H groups in total. The van der Waals surface area contributed by atoms with Crippen molar-refractivity contribution in [2.75, 3.05) is 16.8 Å². The van der Waals surface area contributed by atoms with Gasteiger partial charge in [-0.15, -0.1) is 11.8 Å². The molecule has 4 nitrogen and oxygen atoms in total. The Kier molecular flexibility index (Phi) is 7.62. The van der Waals surface area contributed by atoms with Gasteiger partial charge in [0.25, 0.3) is 0 Å². The zero-order valence-corrected chi connectivity index (χ0v) is 16.0. The van der Waals surface area contributed by atoms with Gasteiger partial charge in [0.15, 0.2) is 0 Å². The van der Waals surface area contributed by atoms with Crippen molar-refractivity contribution in [1.29, 1.82) is 0 Å². The van der Waals surface area contributed by atoms with Gasteiger partial charge in [-0.05, 0) is 36.8 Å². The lowest BCUT2D eigenvalue weighted by Gasteiger charge is -2.08. The molecule has 25 heavy (non-hydrogen) atoms. The molecule has 0 atom stereocenters. The number of thioether (sulfide) groups is 1. The second-order valence-corrected chi connectivity index (χ2v) is 7.25. The van der Waals surface area contributed by atoms with E-state index in [1.165, 1.54) is 11.8 Å². The highest BCUT2D eigenvalue weighted by molar-refractivity contribution is 8.00. The Bertz CT molecular complexity index is 751. The van der Waals surface area contributed by atoms with Crippen LogP contribution in [0.2, 0.25) is 10.0 Å². The molecule has 0 aliphatic rings. The lowest BCUT2D eigenvalue weighted by atomic mass is 10.2. The number of carbonyl (C=O) groups is 2. The highest BCUT2D eigenvalue weighted by Crippen LogP contribution is 2.20. The minimum Gasteiger partial charge on any atom is -0.351 e. The fourth-order valence-corrected chi connectivity index (χ4v) is 3.10. The third-order valence-corrected chi connectivity index (χ3v) is 4.81. The highest BCUT2D eigenvalue weighted by atomic mass is 35.5. The van der Waals surface area contributed by atoms with E-state index in [4.69, 9.17) is 23.2 Å². The van der Waals surface area contributed by atoms with Gasteiger partial charge in [-0.25, -0.2) is 0 Å². The van der Waals surface area contributed by atoms with Crippen LogP contribution in [-0.4, -0.2) is 23.3 Å². The summed E-state index contributed by atoms with van der Waals surface area (Å²) in [5.41, 5.74) is 2.67. The van der Waals surface area contributed by atoms with E-state index >= 15 is 0 Å². The van der Waals surface area contributed by atoms with Gasteiger partial charge in [-0.1, -0.05) is 47.0 Å². The van der Waals surface area contributed by atoms with Gasteiger partial charge in [-0.3, -0.25) is 9.59 Å². The van der Waals surface area contributed by atoms with Gasteiger partial charge in [0.05, 0.1) is 11.5 Å². The first-order chi connectivity index (χ1) is 11.9. The van der Waals surface area contributed by atoms with Gasteiger partial charge in [-0.2, -0.15) is 0 Å². The number of nitrogens with one attached hydrogen (secondary N) is 2. The minimum absolute atomic E-state index is 0.137. The SMILES string of the molecule is Cc1ccc(NC(=O)CSCC(=O)NCc2ccc(Cl)cc2Cl)cc1. The van der Waals surface area contributed by atoms with Crippen LogP contribution in [0.5, 0.6) is 0 Å². The molecular formula is C18H18Cl2N2O2S. The summed E-state index contributed by atoms with van der Waals surface area (Å²) in [5, 5.41) is 6.63. The minimum atomic E-state index is -0.154. The maximum atomic E-state index is 11.8. The Morgan fingerprint density at radius 2 is 1.68 bits per heavy atom. The zero-order chi connectivity index (χ0) is 18.2. The van der Waals surface area contributed by atoms with Gasteiger partial charge in [0.2, 0.25) is 11.8 Å². The molecule has 0 heterocycles. The zero-order valence-electron chi connectivity index (χ0n) is 13.6. The summed E-state index contributed by atoms with van der Waals surface area (Å²) in [6.45, 7) is 2.31. The first kappa shape index (κ1) is 19.6. The van der Waals surface area contributed by atoms with Crippen LogP contribution < -0.4 is 10.6 Å². The van der Waals surface area contributed by atoms with Crippen molar-refractivity contribution in [3.05, 3.63) is 63.6 Å². The summed E-state index contributed by atoms with van der Waals surface area (Å²) >= 11 is 13.1. The molecule has 0 bridgehead atoms. The Balaban J connectivity index is 1.67. The molecule has 0 fully saturated rings. The van der Waals surface area contributed by atoms with E-state index < -0.39 is 0 Å². The quantitative estimate of drug-likeness (QED) is 0.733. The second kappa shape index (κ2) is 9.70. The van der Waals surface area contributed by atoms with Crippen molar-refractivity contribution in [2.45, 2.75) is 13.5 Å². The monoisotopic (exact) mass is 396 g/mol. The summed E-state index contributed by atoms with van der Waals surface area (Å²) in [6.07, 6.45) is 0. The van der Waals surface area contributed by atoms with Crippen LogP contribution in [0.1, 0.15) is 11.1 Å². The average molecular weight is 397 g/mol. The molecule has 0 saturated heterocycles. The Morgan fingerprint density at radius 3 is 2.36 bits per heavy atom. The predicted octanol–water partition coefficient (Wildman–Crippen LogP) is 4.29. The number of benzene rings is 2. The van der Waals surface area contributed by atoms with Crippen molar-refractivity contribution in [1.82, 2.24) is 5.32 Å². The van der Waals surface area contributed by atoms with Crippen LogP contribution >= 0.6 is 35.0 Å². The summed E-state index contributed by atoms with van der Waals surface area (Å²) in [6, 6.07) is 12.7. The molecule has 0 aromatic heterocycles. The van der Waals surface area contributed by atoms with E-state index in [0.717, 1.165) is 16.8 Å². The fourth-order valence-electron chi connectivity index (χ4n) is 1.98. The van der Waals surface area contributed by atoms with Crippen molar-refractivity contribution < 1.29 is 9.59 Å². The lowest BCUT2D eigenvalue weighted by Crippen LogP contribution is -2.25. The van der Waals surface area contributed by atoms with Crippen LogP contribution in [0.4, 0.5) is 5.69 Å². The number of anilines is 1. The summed E-state index contributed by atoms with van der Waals surface area (Å²) in [4.78, 5) is 23.7. The third-order valence-electron chi connectivity index (χ3n) is 3.29. The maximum absolute atomic E-state index is 11.8. The van der Waals surface area contributed by atoms with Gasteiger partial charge >= 0.3 is 0 Å². The number of aryl methyl sites for hydroxylation is 1. The maximum Gasteiger partial charge on any atom is 0.234 e. The molecule has 2 aromatic carbocycles. The average Bonchev–Trinajstić information content (AvgIpc) is 2.56. The van der Waals surface area contributed by atoms with Crippen LogP contribution in [0.25, 0.3) is 0 Å². The molecule has 7 heteroatoms. The van der Waals surface area contributed by atoms with Gasteiger partial charge < -0.3 is 10.6 Å². The highest BCUT2D eigenvalue weighted by Gasteiger charge is 2.07. The molecule has 0 unspecified atom stereocenters. The molecule has 2 rings (SSSR count). The summed E-state index contributed by atoms with van der Waals surface area (Å²) in [7, 11) is 0. The van der Waals surface area contributed by atoms with Crippen molar-refractivity contribution in [2.24, 2.45) is 0 Å². The van der Waals surface area contributed by atoms with Crippen molar-refractivity contribution in [3.63, 3.8) is 0 Å². The number of carbonyl (C=O) groups excluding carboxylic acids is 2. The predicted molar refractivity (Wildman–Crippen MR) is 105 cm³/mol. The molecular weight excluding hydrogens is 379 g/mol. The number of amides is 2. The lowest BCUT2D eigenvalue weighted by molar-refractivity contribution is -0.118. The number of hydrogen-bond acceptors (Lipinski definition) is 3. The Hall–Kier alpha value is -1.69. The molecule has 2 aromatic rings. The molecule has 0 spiro atoms. The first-order valence-electron chi connectivity index (χ1n) is 7.59. The van der Waals surface area contributed by atoms with E-state index in [0.29, 0.717) is 16.6 Å². The van der Waals surface area contributed by atoms with Gasteiger partial charge in [0, 0.05) is 22.3 Å². The number of rotatable bonds is 7. The second-order valence-electron chi connectivity index (χ2n) is 5.42. The van der Waals surface area contributed by atoms with Crippen LogP contribution in [0.3, 0.4) is 0 Å². The van der Waals surface area contributed by atoms with E-state index in [9.17, 15) is 9.59 Å². The van der Waals surface area contributed by atoms with Gasteiger partial charge in [0.1, 0.15) is 0 Å². The van der Waals surface area contributed by atoms with E-state index in [-0.39, 0.29) is 23.3 Å². The molecule has 0 radical (unpaired) electrons. The van der Waals surface area contributed by atoms with Crippen molar-refractivity contribution in [3.8, 4) is 0 Å². The largest absolute Gasteiger partial charge is 0.351 e. The third kappa shape index (κ3) is 6.98. The Labute approximate surface area is 161 Å².